The van der Waals surface area contributed by atoms with Crippen molar-refractivity contribution >= 4 is 17.4 Å². The lowest BCUT2D eigenvalue weighted by Gasteiger charge is -2.09. The van der Waals surface area contributed by atoms with Gasteiger partial charge in [0.15, 0.2) is 11.5 Å². The van der Waals surface area contributed by atoms with Crippen LogP contribution in [-0.4, -0.2) is 27.4 Å². The Morgan fingerprint density at radius 3 is 2.75 bits per heavy atom. The monoisotopic (exact) mass is 373 g/mol. The third-order valence-electron chi connectivity index (χ3n) is 4.49. The molecule has 0 bridgehead atoms. The van der Waals surface area contributed by atoms with Crippen LogP contribution in [-0.2, 0) is 6.54 Å². The number of rotatable bonds is 6. The minimum atomic E-state index is -0.459. The van der Waals surface area contributed by atoms with Gasteiger partial charge < -0.3 is 15.8 Å². The standard InChI is InChI=1S/C21H19N5O2/c1-28-17-7-5-14(6-8-17)12-24-20-21-25-13-18(26(21)10-9-23-20)15-3-2-4-16(11-15)19(22)27/h2-11,13H,12H2,1H3,(H2,22,27)(H,23,24). The zero-order chi connectivity index (χ0) is 19.5. The molecule has 2 heterocycles. The molecule has 4 rings (SSSR count). The van der Waals surface area contributed by atoms with E-state index in [9.17, 15) is 4.79 Å². The van der Waals surface area contributed by atoms with Crippen molar-refractivity contribution in [2.75, 3.05) is 12.4 Å². The summed E-state index contributed by atoms with van der Waals surface area (Å²) < 4.78 is 7.12. The van der Waals surface area contributed by atoms with Crippen LogP contribution in [0.25, 0.3) is 16.9 Å². The molecule has 0 aliphatic carbocycles. The van der Waals surface area contributed by atoms with Gasteiger partial charge in [-0.3, -0.25) is 9.20 Å². The van der Waals surface area contributed by atoms with Crippen molar-refractivity contribution in [3.8, 4) is 17.0 Å². The van der Waals surface area contributed by atoms with E-state index >= 15 is 0 Å². The predicted octanol–water partition coefficient (Wildman–Crippen LogP) is 3.12. The largest absolute Gasteiger partial charge is 0.497 e. The summed E-state index contributed by atoms with van der Waals surface area (Å²) in [6.07, 6.45) is 5.31. The predicted molar refractivity (Wildman–Crippen MR) is 107 cm³/mol. The number of aromatic nitrogens is 3. The number of nitrogens with two attached hydrogens (primary N) is 1. The first-order valence-corrected chi connectivity index (χ1v) is 8.75. The Hall–Kier alpha value is -3.87. The van der Waals surface area contributed by atoms with Crippen LogP contribution in [0.3, 0.4) is 0 Å². The van der Waals surface area contributed by atoms with Crippen LogP contribution in [0.15, 0.2) is 67.1 Å². The molecular formula is C21H19N5O2. The number of hydrogen-bond donors (Lipinski definition) is 2. The van der Waals surface area contributed by atoms with E-state index in [1.165, 1.54) is 0 Å². The van der Waals surface area contributed by atoms with E-state index in [-0.39, 0.29) is 0 Å². The van der Waals surface area contributed by atoms with Gasteiger partial charge in [-0.2, -0.15) is 0 Å². The van der Waals surface area contributed by atoms with Gasteiger partial charge in [-0.25, -0.2) is 9.97 Å². The molecule has 0 aliphatic rings. The number of anilines is 1. The topological polar surface area (TPSA) is 94.5 Å². The molecule has 4 aromatic rings. The highest BCUT2D eigenvalue weighted by Crippen LogP contribution is 2.24. The maximum Gasteiger partial charge on any atom is 0.248 e. The zero-order valence-electron chi connectivity index (χ0n) is 15.3. The fraction of sp³-hybridized carbons (Fsp3) is 0.0952. The van der Waals surface area contributed by atoms with Crippen molar-refractivity contribution < 1.29 is 9.53 Å². The Kier molecular flexibility index (Phi) is 4.63. The Bertz CT molecular complexity index is 1140. The van der Waals surface area contributed by atoms with Crippen molar-refractivity contribution in [1.29, 1.82) is 0 Å². The lowest BCUT2D eigenvalue weighted by molar-refractivity contribution is 0.100. The Morgan fingerprint density at radius 1 is 1.18 bits per heavy atom. The average Bonchev–Trinajstić information content (AvgIpc) is 3.17. The molecule has 0 aliphatic heterocycles. The second-order valence-electron chi connectivity index (χ2n) is 6.26. The Balaban J connectivity index is 1.63. The maximum absolute atomic E-state index is 11.5. The van der Waals surface area contributed by atoms with E-state index in [1.807, 2.05) is 40.9 Å². The van der Waals surface area contributed by atoms with Crippen molar-refractivity contribution in [1.82, 2.24) is 14.4 Å². The van der Waals surface area contributed by atoms with Crippen molar-refractivity contribution in [2.45, 2.75) is 6.54 Å². The van der Waals surface area contributed by atoms with Gasteiger partial charge in [0.05, 0.1) is 19.0 Å². The lowest BCUT2D eigenvalue weighted by Crippen LogP contribution is -2.10. The van der Waals surface area contributed by atoms with Crippen LogP contribution in [0.5, 0.6) is 5.75 Å². The quantitative estimate of drug-likeness (QED) is 0.541. The Labute approximate surface area is 161 Å². The number of carbonyl (C=O) groups is 1. The van der Waals surface area contributed by atoms with Crippen molar-refractivity contribution in [2.24, 2.45) is 5.73 Å². The first-order chi connectivity index (χ1) is 13.7. The van der Waals surface area contributed by atoms with E-state index in [1.54, 1.807) is 37.7 Å². The summed E-state index contributed by atoms with van der Waals surface area (Å²) in [4.78, 5) is 20.4. The zero-order valence-corrected chi connectivity index (χ0v) is 15.3. The third-order valence-corrected chi connectivity index (χ3v) is 4.49. The number of nitrogens with one attached hydrogen (secondary N) is 1. The minimum Gasteiger partial charge on any atom is -0.497 e. The van der Waals surface area contributed by atoms with Crippen LogP contribution < -0.4 is 15.8 Å². The molecule has 2 aromatic heterocycles. The van der Waals surface area contributed by atoms with Gasteiger partial charge in [0.25, 0.3) is 0 Å². The van der Waals surface area contributed by atoms with Gasteiger partial charge >= 0.3 is 0 Å². The minimum absolute atomic E-state index is 0.458. The number of hydrogen-bond acceptors (Lipinski definition) is 5. The number of ether oxygens (including phenoxy) is 1. The van der Waals surface area contributed by atoms with E-state index in [4.69, 9.17) is 10.5 Å². The molecule has 0 saturated heterocycles. The average molecular weight is 373 g/mol. The van der Waals surface area contributed by atoms with E-state index < -0.39 is 5.91 Å². The van der Waals surface area contributed by atoms with E-state index in [0.29, 0.717) is 23.6 Å². The number of nitrogens with zero attached hydrogens (tertiary/aromatic N) is 3. The fourth-order valence-electron chi connectivity index (χ4n) is 3.02. The normalized spacial score (nSPS) is 10.8. The summed E-state index contributed by atoms with van der Waals surface area (Å²) in [5.74, 6) is 1.04. The molecule has 3 N–H and O–H groups in total. The second-order valence-corrected chi connectivity index (χ2v) is 6.26. The van der Waals surface area contributed by atoms with Crippen LogP contribution >= 0.6 is 0 Å². The van der Waals surface area contributed by atoms with Gasteiger partial charge in [0.2, 0.25) is 5.91 Å². The molecule has 7 nitrogen and oxygen atoms in total. The number of carbonyl (C=O) groups excluding carboxylic acids is 1. The summed E-state index contributed by atoms with van der Waals surface area (Å²) in [7, 11) is 1.65. The smallest absolute Gasteiger partial charge is 0.248 e. The van der Waals surface area contributed by atoms with Gasteiger partial charge in [-0.1, -0.05) is 24.3 Å². The first kappa shape index (κ1) is 17.5. The molecule has 0 atom stereocenters. The molecule has 0 fully saturated rings. The Morgan fingerprint density at radius 2 is 2.00 bits per heavy atom. The highest BCUT2D eigenvalue weighted by atomic mass is 16.5. The van der Waals surface area contributed by atoms with Crippen LogP contribution in [0.2, 0.25) is 0 Å². The summed E-state index contributed by atoms with van der Waals surface area (Å²) >= 11 is 0. The summed E-state index contributed by atoms with van der Waals surface area (Å²) in [5, 5.41) is 3.33. The molecule has 0 saturated carbocycles. The molecule has 28 heavy (non-hydrogen) atoms. The molecule has 0 spiro atoms. The van der Waals surface area contributed by atoms with Gasteiger partial charge in [0.1, 0.15) is 5.75 Å². The molecular weight excluding hydrogens is 354 g/mol. The molecule has 0 unspecified atom stereocenters. The number of benzene rings is 2. The highest BCUT2D eigenvalue weighted by Gasteiger charge is 2.11. The van der Waals surface area contributed by atoms with Crippen molar-refractivity contribution in [3.63, 3.8) is 0 Å². The second kappa shape index (κ2) is 7.40. The third kappa shape index (κ3) is 3.37. The lowest BCUT2D eigenvalue weighted by atomic mass is 10.1. The van der Waals surface area contributed by atoms with E-state index in [0.717, 1.165) is 22.6 Å². The maximum atomic E-state index is 11.5. The number of primary amides is 1. The molecule has 0 radical (unpaired) electrons. The fourth-order valence-corrected chi connectivity index (χ4v) is 3.02. The van der Waals surface area contributed by atoms with Crippen LogP contribution in [0, 0.1) is 0 Å². The summed E-state index contributed by atoms with van der Waals surface area (Å²) in [6.45, 7) is 0.607. The summed E-state index contributed by atoms with van der Waals surface area (Å²) in [5.41, 5.74) is 9.37. The number of methoxy groups -OCH3 is 1. The van der Waals surface area contributed by atoms with Crippen LogP contribution in [0.4, 0.5) is 5.82 Å². The van der Waals surface area contributed by atoms with Gasteiger partial charge in [-0.05, 0) is 29.8 Å². The molecule has 140 valence electrons. The van der Waals surface area contributed by atoms with Crippen molar-refractivity contribution in [3.05, 3.63) is 78.2 Å². The highest BCUT2D eigenvalue weighted by molar-refractivity contribution is 5.94. The van der Waals surface area contributed by atoms with Gasteiger partial charge in [0, 0.05) is 30.1 Å². The number of amides is 1. The molecule has 2 aromatic carbocycles. The first-order valence-electron chi connectivity index (χ1n) is 8.75. The van der Waals surface area contributed by atoms with Crippen LogP contribution in [0.1, 0.15) is 15.9 Å². The number of imidazole rings is 1. The number of fused-ring (bicyclic) bond motifs is 1. The van der Waals surface area contributed by atoms with Gasteiger partial charge in [-0.15, -0.1) is 0 Å². The summed E-state index contributed by atoms with van der Waals surface area (Å²) in [6, 6.07) is 15.0. The molecule has 1 amide bonds. The van der Waals surface area contributed by atoms with E-state index in [2.05, 4.69) is 15.3 Å². The molecule has 7 heteroatoms. The SMILES string of the molecule is COc1ccc(CNc2nccn3c(-c4cccc(C(N)=O)c4)cnc23)cc1.